The van der Waals surface area contributed by atoms with Crippen LogP contribution in [0.1, 0.15) is 32.0 Å². The quantitative estimate of drug-likeness (QED) is 0.778. The fraction of sp³-hybridized carbons (Fsp3) is 0.444. The van der Waals surface area contributed by atoms with Gasteiger partial charge in [-0.25, -0.2) is 9.97 Å². The van der Waals surface area contributed by atoms with Crippen molar-refractivity contribution in [2.45, 2.75) is 47.2 Å². The van der Waals surface area contributed by atoms with E-state index in [1.807, 2.05) is 40.7 Å². The van der Waals surface area contributed by atoms with Crippen molar-refractivity contribution in [3.63, 3.8) is 0 Å². The number of fused-ring (bicyclic) bond motifs is 3. The fourth-order valence-corrected chi connectivity index (χ4v) is 3.93. The summed E-state index contributed by atoms with van der Waals surface area (Å²) in [6, 6.07) is 2.04. The number of pyridine rings is 1. The van der Waals surface area contributed by atoms with E-state index >= 15 is 0 Å². The normalized spacial score (nSPS) is 12.9. The summed E-state index contributed by atoms with van der Waals surface area (Å²) in [6.45, 7) is 9.94. The van der Waals surface area contributed by atoms with E-state index in [1.54, 1.807) is 0 Å². The van der Waals surface area contributed by atoms with E-state index in [1.165, 1.54) is 22.2 Å². The number of nitrogens with one attached hydrogen (secondary N) is 1. The molecule has 3 heterocycles. The van der Waals surface area contributed by atoms with Crippen molar-refractivity contribution in [2.24, 2.45) is 5.92 Å². The van der Waals surface area contributed by atoms with Gasteiger partial charge in [0.2, 0.25) is 5.91 Å². The fourth-order valence-electron chi connectivity index (χ4n) is 2.73. The molecule has 3 aromatic heterocycles. The van der Waals surface area contributed by atoms with Gasteiger partial charge in [-0.3, -0.25) is 14.2 Å². The topological polar surface area (TPSA) is 76.9 Å². The van der Waals surface area contributed by atoms with Gasteiger partial charge in [-0.1, -0.05) is 13.8 Å². The van der Waals surface area contributed by atoms with Crippen molar-refractivity contribution < 1.29 is 4.79 Å². The number of aromatic nitrogens is 3. The predicted octanol–water partition coefficient (Wildman–Crippen LogP) is 2.78. The van der Waals surface area contributed by atoms with Gasteiger partial charge in [0.1, 0.15) is 16.1 Å². The summed E-state index contributed by atoms with van der Waals surface area (Å²) in [5.41, 5.74) is 2.44. The Balaban J connectivity index is 2.00. The maximum absolute atomic E-state index is 12.8. The molecule has 0 saturated carbocycles. The summed E-state index contributed by atoms with van der Waals surface area (Å²) in [4.78, 5) is 34.7. The molecule has 1 N–H and O–H groups in total. The number of hydrogen-bond acceptors (Lipinski definition) is 5. The molecular weight excluding hydrogens is 336 g/mol. The Bertz CT molecular complexity index is 1020. The average molecular weight is 358 g/mol. The lowest BCUT2D eigenvalue weighted by Gasteiger charge is -2.17. The van der Waals surface area contributed by atoms with Gasteiger partial charge < -0.3 is 5.32 Å². The molecular formula is C18H22N4O2S. The molecule has 7 heteroatoms. The van der Waals surface area contributed by atoms with E-state index in [2.05, 4.69) is 15.3 Å². The zero-order chi connectivity index (χ0) is 18.3. The summed E-state index contributed by atoms with van der Waals surface area (Å²) in [5, 5.41) is 3.83. The minimum Gasteiger partial charge on any atom is -0.352 e. The van der Waals surface area contributed by atoms with Crippen molar-refractivity contribution in [1.82, 2.24) is 19.9 Å². The van der Waals surface area contributed by atoms with Gasteiger partial charge in [-0.05, 0) is 38.3 Å². The first-order valence-electron chi connectivity index (χ1n) is 8.33. The highest BCUT2D eigenvalue weighted by Gasteiger charge is 2.17. The van der Waals surface area contributed by atoms with Crippen LogP contribution >= 0.6 is 11.3 Å². The molecule has 1 atom stereocenters. The Morgan fingerprint density at radius 2 is 2.04 bits per heavy atom. The monoisotopic (exact) mass is 358 g/mol. The smallest absolute Gasteiger partial charge is 0.271 e. The number of hydrogen-bond donors (Lipinski definition) is 1. The van der Waals surface area contributed by atoms with Crippen LogP contribution in [0, 0.1) is 19.8 Å². The van der Waals surface area contributed by atoms with Gasteiger partial charge in [0.15, 0.2) is 0 Å². The molecule has 3 aromatic rings. The Hall–Kier alpha value is -2.28. The average Bonchev–Trinajstić information content (AvgIpc) is 2.89. The van der Waals surface area contributed by atoms with Gasteiger partial charge in [-0.2, -0.15) is 0 Å². The Morgan fingerprint density at radius 3 is 2.72 bits per heavy atom. The van der Waals surface area contributed by atoms with Crippen LogP contribution in [0.3, 0.4) is 0 Å². The van der Waals surface area contributed by atoms with Gasteiger partial charge in [-0.15, -0.1) is 11.3 Å². The second-order valence-corrected chi connectivity index (χ2v) is 7.82. The molecule has 0 radical (unpaired) electrons. The molecule has 0 aliphatic heterocycles. The molecule has 0 unspecified atom stereocenters. The zero-order valence-electron chi connectivity index (χ0n) is 15.1. The maximum Gasteiger partial charge on any atom is 0.271 e. The predicted molar refractivity (Wildman–Crippen MR) is 101 cm³/mol. The highest BCUT2D eigenvalue weighted by Crippen LogP contribution is 2.31. The SMILES string of the molecule is Cc1cc(C)c2c(n1)sc1c(=O)n(CC(=O)N[C@H](C)C(C)C)cnc12. The van der Waals surface area contributed by atoms with Crippen molar-refractivity contribution >= 4 is 37.7 Å². The second kappa shape index (κ2) is 6.55. The molecule has 25 heavy (non-hydrogen) atoms. The highest BCUT2D eigenvalue weighted by molar-refractivity contribution is 7.25. The third kappa shape index (κ3) is 3.28. The molecule has 132 valence electrons. The lowest BCUT2D eigenvalue weighted by atomic mass is 10.1. The van der Waals surface area contributed by atoms with E-state index in [4.69, 9.17) is 0 Å². The summed E-state index contributed by atoms with van der Waals surface area (Å²) < 4.78 is 1.91. The summed E-state index contributed by atoms with van der Waals surface area (Å²) >= 11 is 1.34. The minimum absolute atomic E-state index is 0.0292. The molecule has 0 aliphatic rings. The van der Waals surface area contributed by atoms with Gasteiger partial charge >= 0.3 is 0 Å². The summed E-state index contributed by atoms with van der Waals surface area (Å²) in [6.07, 6.45) is 1.45. The summed E-state index contributed by atoms with van der Waals surface area (Å²) in [7, 11) is 0. The van der Waals surface area contributed by atoms with Crippen LogP contribution in [0.4, 0.5) is 0 Å². The number of thiophene rings is 1. The van der Waals surface area contributed by atoms with Crippen LogP contribution in [0.25, 0.3) is 20.4 Å². The largest absolute Gasteiger partial charge is 0.352 e. The Labute approximate surface area is 149 Å². The van der Waals surface area contributed by atoms with E-state index in [0.29, 0.717) is 16.1 Å². The van der Waals surface area contributed by atoms with Crippen LogP contribution in [0.2, 0.25) is 0 Å². The second-order valence-electron chi connectivity index (χ2n) is 6.82. The van der Waals surface area contributed by atoms with Crippen molar-refractivity contribution in [3.8, 4) is 0 Å². The number of aryl methyl sites for hydroxylation is 2. The lowest BCUT2D eigenvalue weighted by Crippen LogP contribution is -2.39. The van der Waals surface area contributed by atoms with Crippen LogP contribution in [-0.2, 0) is 11.3 Å². The third-order valence-electron chi connectivity index (χ3n) is 4.45. The van der Waals surface area contributed by atoms with E-state index in [9.17, 15) is 9.59 Å². The lowest BCUT2D eigenvalue weighted by molar-refractivity contribution is -0.122. The Morgan fingerprint density at radius 1 is 1.32 bits per heavy atom. The number of rotatable bonds is 4. The minimum atomic E-state index is -0.197. The molecule has 0 fully saturated rings. The van der Waals surface area contributed by atoms with Gasteiger partial charge in [0.25, 0.3) is 5.56 Å². The first-order chi connectivity index (χ1) is 11.8. The van der Waals surface area contributed by atoms with Crippen LogP contribution in [0.15, 0.2) is 17.2 Å². The number of amides is 1. The first-order valence-corrected chi connectivity index (χ1v) is 9.15. The van der Waals surface area contributed by atoms with Gasteiger partial charge in [0, 0.05) is 17.1 Å². The van der Waals surface area contributed by atoms with Crippen LogP contribution in [-0.4, -0.2) is 26.5 Å². The highest BCUT2D eigenvalue weighted by atomic mass is 32.1. The molecule has 1 amide bonds. The molecule has 0 aromatic carbocycles. The number of carbonyl (C=O) groups is 1. The third-order valence-corrected chi connectivity index (χ3v) is 5.51. The van der Waals surface area contributed by atoms with Crippen LogP contribution < -0.4 is 10.9 Å². The zero-order valence-corrected chi connectivity index (χ0v) is 15.9. The number of nitrogens with zero attached hydrogens (tertiary/aromatic N) is 3. The molecule has 0 saturated heterocycles. The Kier molecular flexibility index (Phi) is 4.60. The standard InChI is InChI=1S/C18H22N4O2S/c1-9(2)12(5)21-13(23)7-22-8-19-15-14-10(3)6-11(4)20-17(14)25-16(15)18(22)24/h6,8-9,12H,7H2,1-5H3,(H,21,23)/t12-/m1/s1. The van der Waals surface area contributed by atoms with Crippen LogP contribution in [0.5, 0.6) is 0 Å². The maximum atomic E-state index is 12.8. The molecule has 3 rings (SSSR count). The number of carbonyl (C=O) groups excluding carboxylic acids is 1. The first kappa shape index (κ1) is 17.5. The molecule has 0 aliphatic carbocycles. The molecule has 0 spiro atoms. The van der Waals surface area contributed by atoms with Crippen molar-refractivity contribution in [3.05, 3.63) is 34.0 Å². The summed E-state index contributed by atoms with van der Waals surface area (Å²) in [5.74, 6) is 0.150. The van der Waals surface area contributed by atoms with Crippen molar-refractivity contribution in [2.75, 3.05) is 0 Å². The van der Waals surface area contributed by atoms with E-state index in [0.717, 1.165) is 21.5 Å². The molecule has 0 bridgehead atoms. The van der Waals surface area contributed by atoms with Gasteiger partial charge in [0.05, 0.1) is 11.8 Å². The van der Waals surface area contributed by atoms with E-state index < -0.39 is 0 Å². The molecule has 6 nitrogen and oxygen atoms in total. The van der Waals surface area contributed by atoms with E-state index in [-0.39, 0.29) is 24.1 Å². The van der Waals surface area contributed by atoms with Crippen molar-refractivity contribution in [1.29, 1.82) is 0 Å².